The first kappa shape index (κ1) is 10.4. The molecule has 2 nitrogen and oxygen atoms in total. The lowest BCUT2D eigenvalue weighted by Crippen LogP contribution is -1.93. The summed E-state index contributed by atoms with van der Waals surface area (Å²) in [6.07, 6.45) is 1.99. The minimum absolute atomic E-state index is 0.642. The Bertz CT molecular complexity index is 251. The van der Waals surface area contributed by atoms with E-state index in [9.17, 15) is 0 Å². The van der Waals surface area contributed by atoms with E-state index >= 15 is 0 Å². The van der Waals surface area contributed by atoms with Gasteiger partial charge in [-0.25, -0.2) is 0 Å². The van der Waals surface area contributed by atoms with Crippen molar-refractivity contribution in [2.24, 2.45) is 0 Å². The summed E-state index contributed by atoms with van der Waals surface area (Å²) in [6.45, 7) is 3.67. The van der Waals surface area contributed by atoms with Crippen molar-refractivity contribution in [3.05, 3.63) is 30.4 Å². The number of benzene rings is 1. The molecule has 1 radical (unpaired) electrons. The topological polar surface area (TPSA) is 29.5 Å². The zero-order valence-corrected chi connectivity index (χ0v) is 8.60. The predicted molar refractivity (Wildman–Crippen MR) is 54.7 cm³/mol. The van der Waals surface area contributed by atoms with E-state index in [0.29, 0.717) is 6.61 Å². The summed E-state index contributed by atoms with van der Waals surface area (Å²) in [4.78, 5) is 1.09. The molecule has 3 heteroatoms. The highest BCUT2D eigenvalue weighted by molar-refractivity contribution is 7.98. The summed E-state index contributed by atoms with van der Waals surface area (Å²) in [5, 5.41) is 8.86. The highest BCUT2D eigenvalue weighted by Gasteiger charge is 2.00. The average Bonchev–Trinajstić information content (AvgIpc) is 2.17. The van der Waals surface area contributed by atoms with Gasteiger partial charge in [0.1, 0.15) is 12.4 Å². The molecule has 0 atom stereocenters. The minimum Gasteiger partial charge on any atom is -0.494 e. The first-order valence-electron chi connectivity index (χ1n) is 4.09. The quantitative estimate of drug-likeness (QED) is 0.752. The van der Waals surface area contributed by atoms with E-state index in [1.54, 1.807) is 11.8 Å². The smallest absolute Gasteiger partial charge is 0.120 e. The molecular formula is C10H13O2S. The Morgan fingerprint density at radius 3 is 2.77 bits per heavy atom. The summed E-state index contributed by atoms with van der Waals surface area (Å²) in [5.74, 6) is 0.801. The van der Waals surface area contributed by atoms with E-state index in [1.165, 1.54) is 0 Å². The predicted octanol–water partition coefficient (Wildman–Crippen LogP) is 2.69. The first-order chi connectivity index (χ1) is 6.30. The zero-order valence-electron chi connectivity index (χ0n) is 7.78. The van der Waals surface area contributed by atoms with Crippen LogP contribution in [0.1, 0.15) is 12.5 Å². The van der Waals surface area contributed by atoms with Gasteiger partial charge in [0.05, 0.1) is 6.61 Å². The molecule has 0 heterocycles. The van der Waals surface area contributed by atoms with Crippen molar-refractivity contribution in [2.45, 2.75) is 11.8 Å². The van der Waals surface area contributed by atoms with Gasteiger partial charge in [-0.3, -0.25) is 0 Å². The second-order valence-electron chi connectivity index (χ2n) is 2.50. The molecule has 0 aliphatic rings. The second-order valence-corrected chi connectivity index (χ2v) is 3.38. The van der Waals surface area contributed by atoms with Crippen LogP contribution in [0.5, 0.6) is 5.75 Å². The van der Waals surface area contributed by atoms with E-state index in [1.807, 2.05) is 31.4 Å². The molecule has 0 amide bonds. The lowest BCUT2D eigenvalue weighted by atomic mass is 10.2. The van der Waals surface area contributed by atoms with Gasteiger partial charge in [-0.2, -0.15) is 0 Å². The molecule has 1 N–H and O–H groups in total. The summed E-state index contributed by atoms with van der Waals surface area (Å²) < 4.78 is 5.35. The molecule has 0 fully saturated rings. The van der Waals surface area contributed by atoms with Crippen LogP contribution in [-0.2, 0) is 0 Å². The highest BCUT2D eigenvalue weighted by atomic mass is 32.2. The fourth-order valence-corrected chi connectivity index (χ4v) is 1.52. The van der Waals surface area contributed by atoms with Gasteiger partial charge in [0.2, 0.25) is 0 Å². The van der Waals surface area contributed by atoms with Crippen LogP contribution < -0.4 is 4.74 Å². The summed E-state index contributed by atoms with van der Waals surface area (Å²) in [7, 11) is 0. The van der Waals surface area contributed by atoms with E-state index in [0.717, 1.165) is 22.8 Å². The third kappa shape index (κ3) is 2.94. The second kappa shape index (κ2) is 5.14. The van der Waals surface area contributed by atoms with Crippen molar-refractivity contribution in [1.82, 2.24) is 0 Å². The Labute approximate surface area is 82.9 Å². The molecule has 1 rings (SSSR count). The Morgan fingerprint density at radius 1 is 1.46 bits per heavy atom. The Kier molecular flexibility index (Phi) is 4.12. The summed E-state index contributed by atoms with van der Waals surface area (Å²) >= 11 is 1.63. The van der Waals surface area contributed by atoms with Crippen LogP contribution in [0.4, 0.5) is 0 Å². The molecular weight excluding hydrogens is 184 g/mol. The monoisotopic (exact) mass is 197 g/mol. The molecule has 0 bridgehead atoms. The van der Waals surface area contributed by atoms with Gasteiger partial charge in [-0.05, 0) is 36.9 Å². The van der Waals surface area contributed by atoms with Crippen LogP contribution >= 0.6 is 11.8 Å². The number of aliphatic hydroxyl groups is 1. The van der Waals surface area contributed by atoms with E-state index < -0.39 is 0 Å². The largest absolute Gasteiger partial charge is 0.494 e. The number of rotatable bonds is 4. The van der Waals surface area contributed by atoms with Gasteiger partial charge < -0.3 is 9.84 Å². The van der Waals surface area contributed by atoms with Gasteiger partial charge in [0, 0.05) is 4.90 Å². The van der Waals surface area contributed by atoms with Crippen LogP contribution in [0.2, 0.25) is 0 Å². The number of thioether (sulfide) groups is 1. The summed E-state index contributed by atoms with van der Waals surface area (Å²) in [6, 6.07) is 5.68. The lowest BCUT2D eigenvalue weighted by Gasteiger charge is -2.06. The van der Waals surface area contributed by atoms with Crippen molar-refractivity contribution in [2.75, 3.05) is 12.9 Å². The fraction of sp³-hybridized carbons (Fsp3) is 0.300. The summed E-state index contributed by atoms with van der Waals surface area (Å²) in [5.41, 5.74) is 0.773. The SMILES string of the molecule is CCOc1cc([CH]O)cc(SC)c1. The Morgan fingerprint density at radius 2 is 2.23 bits per heavy atom. The van der Waals surface area contributed by atoms with Gasteiger partial charge >= 0.3 is 0 Å². The lowest BCUT2D eigenvalue weighted by molar-refractivity contribution is 0.338. The van der Waals surface area contributed by atoms with Crippen LogP contribution in [0, 0.1) is 6.61 Å². The maximum Gasteiger partial charge on any atom is 0.120 e. The Balaban J connectivity index is 2.93. The fourth-order valence-electron chi connectivity index (χ4n) is 1.04. The van der Waals surface area contributed by atoms with Crippen molar-refractivity contribution >= 4 is 11.8 Å². The van der Waals surface area contributed by atoms with Crippen LogP contribution in [0.15, 0.2) is 23.1 Å². The molecule has 0 unspecified atom stereocenters. The van der Waals surface area contributed by atoms with Gasteiger partial charge in [0.25, 0.3) is 0 Å². The minimum atomic E-state index is 0.642. The molecule has 0 aliphatic heterocycles. The van der Waals surface area contributed by atoms with E-state index in [2.05, 4.69) is 0 Å². The molecule has 1 aromatic carbocycles. The van der Waals surface area contributed by atoms with Gasteiger partial charge in [-0.1, -0.05) is 0 Å². The molecule has 0 spiro atoms. The van der Waals surface area contributed by atoms with Gasteiger partial charge in [0.15, 0.2) is 0 Å². The van der Waals surface area contributed by atoms with Crippen molar-refractivity contribution < 1.29 is 9.84 Å². The molecule has 0 saturated heterocycles. The number of ether oxygens (including phenoxy) is 1. The highest BCUT2D eigenvalue weighted by Crippen LogP contribution is 2.24. The number of hydrogen-bond acceptors (Lipinski definition) is 3. The average molecular weight is 197 g/mol. The van der Waals surface area contributed by atoms with Crippen molar-refractivity contribution in [1.29, 1.82) is 0 Å². The third-order valence-electron chi connectivity index (χ3n) is 1.60. The number of aliphatic hydroxyl groups excluding tert-OH is 1. The maximum atomic E-state index is 8.86. The Hall–Kier alpha value is -0.670. The standard InChI is InChI=1S/C10H13O2S/c1-3-12-9-4-8(7-11)5-10(6-9)13-2/h4-7,11H,3H2,1-2H3. The van der Waals surface area contributed by atoms with Crippen molar-refractivity contribution in [3.8, 4) is 5.75 Å². The van der Waals surface area contributed by atoms with Crippen LogP contribution in [-0.4, -0.2) is 18.0 Å². The van der Waals surface area contributed by atoms with Crippen molar-refractivity contribution in [3.63, 3.8) is 0 Å². The maximum absolute atomic E-state index is 8.86. The first-order valence-corrected chi connectivity index (χ1v) is 5.32. The van der Waals surface area contributed by atoms with E-state index in [4.69, 9.17) is 9.84 Å². The number of hydrogen-bond donors (Lipinski definition) is 1. The zero-order chi connectivity index (χ0) is 9.68. The molecule has 71 valence electrons. The molecule has 13 heavy (non-hydrogen) atoms. The van der Waals surface area contributed by atoms with Crippen LogP contribution in [0.3, 0.4) is 0 Å². The molecule has 0 saturated carbocycles. The molecule has 0 aliphatic carbocycles. The molecule has 1 aromatic rings. The van der Waals surface area contributed by atoms with E-state index in [-0.39, 0.29) is 0 Å². The van der Waals surface area contributed by atoms with Crippen LogP contribution in [0.25, 0.3) is 0 Å². The molecule has 0 aromatic heterocycles. The normalized spacial score (nSPS) is 10.1. The van der Waals surface area contributed by atoms with Gasteiger partial charge in [-0.15, -0.1) is 11.8 Å². The third-order valence-corrected chi connectivity index (χ3v) is 2.31.